The molecule has 3 rings (SSSR count). The molecule has 3 aromatic rings. The Bertz CT molecular complexity index is 796. The van der Waals surface area contributed by atoms with Crippen molar-refractivity contribution >= 4 is 16.8 Å². The number of halogens is 1. The molecule has 0 saturated carbocycles. The van der Waals surface area contributed by atoms with Gasteiger partial charge in [0.05, 0.1) is 11.1 Å². The highest BCUT2D eigenvalue weighted by atomic mass is 19.1. The lowest BCUT2D eigenvalue weighted by Crippen LogP contribution is -2.23. The number of hydrogen-bond acceptors (Lipinski definition) is 2. The Hall–Kier alpha value is -2.69. The van der Waals surface area contributed by atoms with E-state index in [0.717, 1.165) is 5.56 Å². The second kappa shape index (κ2) is 5.36. The lowest BCUT2D eigenvalue weighted by Gasteiger charge is -2.05. The van der Waals surface area contributed by atoms with E-state index in [1.807, 2.05) is 12.1 Å². The van der Waals surface area contributed by atoms with Crippen LogP contribution in [0.5, 0.6) is 0 Å². The summed E-state index contributed by atoms with van der Waals surface area (Å²) in [5, 5.41) is 3.43. The molecule has 0 aliphatic carbocycles. The molecule has 2 heterocycles. The van der Waals surface area contributed by atoms with Crippen LogP contribution in [0.4, 0.5) is 4.39 Å². The third kappa shape index (κ3) is 2.50. The van der Waals surface area contributed by atoms with Crippen molar-refractivity contribution in [1.29, 1.82) is 0 Å². The van der Waals surface area contributed by atoms with Crippen LogP contribution in [0.2, 0.25) is 0 Å². The van der Waals surface area contributed by atoms with Gasteiger partial charge in [0.15, 0.2) is 0 Å². The van der Waals surface area contributed by atoms with E-state index in [9.17, 15) is 9.18 Å². The number of pyridine rings is 1. The SMILES string of the molecule is Cc1[nH]c2c(F)cccc2c1C(=O)NCc1cccnc1. The summed E-state index contributed by atoms with van der Waals surface area (Å²) in [4.78, 5) is 19.3. The molecule has 4 nitrogen and oxygen atoms in total. The molecule has 5 heteroatoms. The maximum absolute atomic E-state index is 13.7. The quantitative estimate of drug-likeness (QED) is 0.776. The Balaban J connectivity index is 1.88. The number of hydrogen-bond donors (Lipinski definition) is 2. The minimum absolute atomic E-state index is 0.229. The lowest BCUT2D eigenvalue weighted by molar-refractivity contribution is 0.0952. The maximum Gasteiger partial charge on any atom is 0.253 e. The number of fused-ring (bicyclic) bond motifs is 1. The summed E-state index contributed by atoms with van der Waals surface area (Å²) in [7, 11) is 0. The van der Waals surface area contributed by atoms with Crippen molar-refractivity contribution in [2.75, 3.05) is 0 Å². The summed E-state index contributed by atoms with van der Waals surface area (Å²) in [5.41, 5.74) is 2.41. The van der Waals surface area contributed by atoms with Crippen molar-refractivity contribution < 1.29 is 9.18 Å². The van der Waals surface area contributed by atoms with Gasteiger partial charge in [0.25, 0.3) is 5.91 Å². The molecule has 0 radical (unpaired) electrons. The van der Waals surface area contributed by atoms with E-state index in [4.69, 9.17) is 0 Å². The molecule has 0 unspecified atom stereocenters. The minimum atomic E-state index is -0.359. The standard InChI is InChI=1S/C16H14FN3O/c1-10-14(12-5-2-6-13(17)15(12)20-10)16(21)19-9-11-4-3-7-18-8-11/h2-8,20H,9H2,1H3,(H,19,21). The summed E-state index contributed by atoms with van der Waals surface area (Å²) in [6, 6.07) is 8.40. The topological polar surface area (TPSA) is 57.8 Å². The molecule has 106 valence electrons. The number of carbonyl (C=O) groups is 1. The first-order valence-corrected chi connectivity index (χ1v) is 6.60. The van der Waals surface area contributed by atoms with Crippen LogP contribution in [0.1, 0.15) is 21.6 Å². The van der Waals surface area contributed by atoms with Crippen molar-refractivity contribution in [1.82, 2.24) is 15.3 Å². The zero-order valence-electron chi connectivity index (χ0n) is 11.5. The predicted octanol–water partition coefficient (Wildman–Crippen LogP) is 2.94. The van der Waals surface area contributed by atoms with Crippen LogP contribution >= 0.6 is 0 Å². The first-order valence-electron chi connectivity index (χ1n) is 6.60. The minimum Gasteiger partial charge on any atom is -0.356 e. The fourth-order valence-corrected chi connectivity index (χ4v) is 2.38. The highest BCUT2D eigenvalue weighted by Crippen LogP contribution is 2.24. The fourth-order valence-electron chi connectivity index (χ4n) is 2.38. The molecule has 2 N–H and O–H groups in total. The Morgan fingerprint density at radius 1 is 1.33 bits per heavy atom. The van der Waals surface area contributed by atoms with Crippen LogP contribution in [-0.4, -0.2) is 15.9 Å². The number of aryl methyl sites for hydroxylation is 1. The molecule has 1 aromatic carbocycles. The monoisotopic (exact) mass is 283 g/mol. The highest BCUT2D eigenvalue weighted by molar-refractivity contribution is 6.08. The first kappa shape index (κ1) is 13.3. The van der Waals surface area contributed by atoms with Gasteiger partial charge in [-0.2, -0.15) is 0 Å². The molecule has 2 aromatic heterocycles. The number of benzene rings is 1. The molecule has 21 heavy (non-hydrogen) atoms. The van der Waals surface area contributed by atoms with Crippen LogP contribution in [-0.2, 0) is 6.54 Å². The van der Waals surface area contributed by atoms with Gasteiger partial charge in [-0.25, -0.2) is 4.39 Å². The predicted molar refractivity (Wildman–Crippen MR) is 78.4 cm³/mol. The molecule has 1 amide bonds. The number of aromatic amines is 1. The third-order valence-electron chi connectivity index (χ3n) is 3.37. The first-order chi connectivity index (χ1) is 10.2. The van der Waals surface area contributed by atoms with Crippen molar-refractivity contribution in [3.63, 3.8) is 0 Å². The zero-order valence-corrected chi connectivity index (χ0v) is 11.5. The Morgan fingerprint density at radius 2 is 2.19 bits per heavy atom. The van der Waals surface area contributed by atoms with Gasteiger partial charge in [0.2, 0.25) is 0 Å². The molecule has 0 saturated heterocycles. The van der Waals surface area contributed by atoms with E-state index < -0.39 is 0 Å². The molecule has 0 spiro atoms. The van der Waals surface area contributed by atoms with E-state index in [2.05, 4.69) is 15.3 Å². The van der Waals surface area contributed by atoms with E-state index in [-0.39, 0.29) is 11.7 Å². The van der Waals surface area contributed by atoms with E-state index in [1.54, 1.807) is 31.5 Å². The molecule has 0 atom stereocenters. The van der Waals surface area contributed by atoms with E-state index in [1.165, 1.54) is 6.07 Å². The molecule has 0 aliphatic heterocycles. The number of nitrogens with zero attached hydrogens (tertiary/aromatic N) is 1. The maximum atomic E-state index is 13.7. The zero-order chi connectivity index (χ0) is 14.8. The second-order valence-electron chi connectivity index (χ2n) is 4.83. The van der Waals surface area contributed by atoms with Gasteiger partial charge >= 0.3 is 0 Å². The summed E-state index contributed by atoms with van der Waals surface area (Å²) >= 11 is 0. The van der Waals surface area contributed by atoms with Crippen molar-refractivity contribution in [3.8, 4) is 0 Å². The molecular weight excluding hydrogens is 269 g/mol. The number of H-pyrrole nitrogens is 1. The molecule has 0 fully saturated rings. The largest absolute Gasteiger partial charge is 0.356 e. The van der Waals surface area contributed by atoms with Crippen LogP contribution in [0, 0.1) is 12.7 Å². The number of rotatable bonds is 3. The van der Waals surface area contributed by atoms with Gasteiger partial charge in [-0.05, 0) is 24.6 Å². The number of carbonyl (C=O) groups excluding carboxylic acids is 1. The summed E-state index contributed by atoms with van der Waals surface area (Å²) in [5.74, 6) is -0.588. The van der Waals surface area contributed by atoms with Crippen LogP contribution in [0.15, 0.2) is 42.7 Å². The summed E-state index contributed by atoms with van der Waals surface area (Å²) < 4.78 is 13.7. The van der Waals surface area contributed by atoms with Crippen molar-refractivity contribution in [3.05, 3.63) is 65.4 Å². The van der Waals surface area contributed by atoms with Gasteiger partial charge in [0, 0.05) is 30.0 Å². The normalized spacial score (nSPS) is 10.8. The third-order valence-corrected chi connectivity index (χ3v) is 3.37. The van der Waals surface area contributed by atoms with Gasteiger partial charge < -0.3 is 10.3 Å². The summed E-state index contributed by atoms with van der Waals surface area (Å²) in [6.45, 7) is 2.15. The van der Waals surface area contributed by atoms with Crippen LogP contribution in [0.25, 0.3) is 10.9 Å². The fraction of sp³-hybridized carbons (Fsp3) is 0.125. The number of aromatic nitrogens is 2. The summed E-state index contributed by atoms with van der Waals surface area (Å²) in [6.07, 6.45) is 3.37. The van der Waals surface area contributed by atoms with Gasteiger partial charge in [-0.3, -0.25) is 9.78 Å². The average Bonchev–Trinajstić information content (AvgIpc) is 2.84. The number of amides is 1. The Labute approximate surface area is 121 Å². The van der Waals surface area contributed by atoms with E-state index in [0.29, 0.717) is 28.7 Å². The van der Waals surface area contributed by atoms with Crippen LogP contribution in [0.3, 0.4) is 0 Å². The smallest absolute Gasteiger partial charge is 0.253 e. The number of nitrogens with one attached hydrogen (secondary N) is 2. The van der Waals surface area contributed by atoms with Crippen molar-refractivity contribution in [2.24, 2.45) is 0 Å². The number of para-hydroxylation sites is 1. The molecule has 0 bridgehead atoms. The Kier molecular flexibility index (Phi) is 3.39. The van der Waals surface area contributed by atoms with Crippen molar-refractivity contribution in [2.45, 2.75) is 13.5 Å². The Morgan fingerprint density at radius 3 is 2.95 bits per heavy atom. The van der Waals surface area contributed by atoms with Gasteiger partial charge in [-0.1, -0.05) is 18.2 Å². The molecular formula is C16H14FN3O. The van der Waals surface area contributed by atoms with Crippen LogP contribution < -0.4 is 5.32 Å². The van der Waals surface area contributed by atoms with Gasteiger partial charge in [-0.15, -0.1) is 0 Å². The average molecular weight is 283 g/mol. The van der Waals surface area contributed by atoms with Gasteiger partial charge in [0.1, 0.15) is 5.82 Å². The molecule has 0 aliphatic rings. The second-order valence-corrected chi connectivity index (χ2v) is 4.83. The van der Waals surface area contributed by atoms with E-state index >= 15 is 0 Å². The highest BCUT2D eigenvalue weighted by Gasteiger charge is 2.17. The lowest BCUT2D eigenvalue weighted by atomic mass is 10.1.